The topological polar surface area (TPSA) is 87.0 Å². The molecule has 2 heterocycles. The number of halogens is 2. The van der Waals surface area contributed by atoms with Gasteiger partial charge in [0, 0.05) is 37.9 Å². The molecular weight excluding hydrogens is 479 g/mol. The van der Waals surface area contributed by atoms with Gasteiger partial charge in [-0.1, -0.05) is 36.0 Å². The summed E-state index contributed by atoms with van der Waals surface area (Å²) in [4.78, 5) is 42.7. The van der Waals surface area contributed by atoms with Crippen LogP contribution in [0, 0.1) is 22.0 Å². The van der Waals surface area contributed by atoms with E-state index in [0.717, 1.165) is 18.5 Å². The van der Waals surface area contributed by atoms with Gasteiger partial charge in [-0.25, -0.2) is 4.90 Å². The van der Waals surface area contributed by atoms with Gasteiger partial charge in [0.15, 0.2) is 0 Å². The summed E-state index contributed by atoms with van der Waals surface area (Å²) in [5, 5.41) is 12.9. The number of nitro groups is 1. The number of hydrogen-bond donors (Lipinski definition) is 0. The number of nitrogens with zero attached hydrogens (tertiary/aromatic N) is 4. The standard InChI is InChI=1S/C24H24Cl2N4O4/c25-19-7-5-15(13-20(19)26)27-9-11-28(12-10-27)21-8-6-16(14-22(21)30(33)34)29-23(31)17-3-1-2-4-18(17)24(29)32/h5-8,13-14,17-18H,1-4,9-12H2/t17-,18-/m0/s1. The zero-order chi connectivity index (χ0) is 24.0. The Morgan fingerprint density at radius 1 is 0.794 bits per heavy atom. The van der Waals surface area contributed by atoms with Gasteiger partial charge < -0.3 is 9.80 Å². The quantitative estimate of drug-likeness (QED) is 0.335. The number of rotatable bonds is 4. The fourth-order valence-electron chi connectivity index (χ4n) is 5.37. The zero-order valence-electron chi connectivity index (χ0n) is 18.5. The molecule has 3 aliphatic rings. The van der Waals surface area contributed by atoms with E-state index in [4.69, 9.17) is 23.2 Å². The van der Waals surface area contributed by atoms with Gasteiger partial charge in [-0.2, -0.15) is 0 Å². The number of carbonyl (C=O) groups is 2. The lowest BCUT2D eigenvalue weighted by Gasteiger charge is -2.37. The van der Waals surface area contributed by atoms with E-state index in [1.54, 1.807) is 18.2 Å². The van der Waals surface area contributed by atoms with Crippen LogP contribution in [-0.4, -0.2) is 42.9 Å². The van der Waals surface area contributed by atoms with Gasteiger partial charge >= 0.3 is 0 Å². The van der Waals surface area contributed by atoms with Gasteiger partial charge in [0.05, 0.1) is 32.5 Å². The number of benzene rings is 2. The highest BCUT2D eigenvalue weighted by Gasteiger charge is 2.49. The van der Waals surface area contributed by atoms with Crippen molar-refractivity contribution in [3.8, 4) is 0 Å². The lowest BCUT2D eigenvalue weighted by Crippen LogP contribution is -2.46. The van der Waals surface area contributed by atoms with Crippen molar-refractivity contribution in [2.75, 3.05) is 40.9 Å². The van der Waals surface area contributed by atoms with Crippen LogP contribution in [0.4, 0.5) is 22.7 Å². The highest BCUT2D eigenvalue weighted by atomic mass is 35.5. The van der Waals surface area contributed by atoms with Crippen molar-refractivity contribution >= 4 is 57.8 Å². The van der Waals surface area contributed by atoms with Gasteiger partial charge in [-0.15, -0.1) is 0 Å². The highest BCUT2D eigenvalue weighted by Crippen LogP contribution is 2.42. The molecule has 2 saturated heterocycles. The average molecular weight is 503 g/mol. The SMILES string of the molecule is O=C1[C@H]2CCCC[C@@H]2C(=O)N1c1ccc(N2CCN(c3ccc(Cl)c(Cl)c3)CC2)c([N+](=O)[O-])c1. The normalized spacial score (nSPS) is 22.8. The van der Waals surface area contributed by atoms with Gasteiger partial charge in [0.25, 0.3) is 5.69 Å². The van der Waals surface area contributed by atoms with Crippen molar-refractivity contribution in [2.24, 2.45) is 11.8 Å². The molecular formula is C24H24Cl2N4O4. The van der Waals surface area contributed by atoms with Crippen LogP contribution in [0.5, 0.6) is 0 Å². The van der Waals surface area contributed by atoms with Crippen molar-refractivity contribution < 1.29 is 14.5 Å². The Kier molecular flexibility index (Phi) is 6.12. The second-order valence-electron chi connectivity index (χ2n) is 9.01. The molecule has 0 spiro atoms. The second kappa shape index (κ2) is 9.07. The monoisotopic (exact) mass is 502 g/mol. The van der Waals surface area contributed by atoms with Crippen molar-refractivity contribution in [3.05, 3.63) is 56.6 Å². The summed E-state index contributed by atoms with van der Waals surface area (Å²) in [6.07, 6.45) is 3.27. The number of amides is 2. The van der Waals surface area contributed by atoms with E-state index in [1.165, 1.54) is 11.0 Å². The largest absolute Gasteiger partial charge is 0.368 e. The first-order chi connectivity index (χ1) is 16.3. The van der Waals surface area contributed by atoms with Crippen LogP contribution in [0.3, 0.4) is 0 Å². The molecule has 178 valence electrons. The summed E-state index contributed by atoms with van der Waals surface area (Å²) in [5.41, 5.74) is 1.62. The predicted octanol–water partition coefficient (Wildman–Crippen LogP) is 4.91. The Morgan fingerprint density at radius 2 is 1.38 bits per heavy atom. The molecule has 0 unspecified atom stereocenters. The molecule has 1 saturated carbocycles. The number of nitro benzene ring substituents is 1. The smallest absolute Gasteiger partial charge is 0.294 e. The molecule has 2 aromatic carbocycles. The third-order valence-electron chi connectivity index (χ3n) is 7.14. The molecule has 0 N–H and O–H groups in total. The maximum atomic E-state index is 12.9. The van der Waals surface area contributed by atoms with Crippen LogP contribution in [0.15, 0.2) is 36.4 Å². The number of piperazine rings is 1. The van der Waals surface area contributed by atoms with Crippen molar-refractivity contribution in [1.29, 1.82) is 0 Å². The number of hydrogen-bond acceptors (Lipinski definition) is 6. The average Bonchev–Trinajstić information content (AvgIpc) is 3.10. The molecule has 0 aromatic heterocycles. The summed E-state index contributed by atoms with van der Waals surface area (Å²) in [6.45, 7) is 2.46. The molecule has 10 heteroatoms. The lowest BCUT2D eigenvalue weighted by molar-refractivity contribution is -0.384. The highest BCUT2D eigenvalue weighted by molar-refractivity contribution is 6.42. The Labute approximate surface area is 207 Å². The zero-order valence-corrected chi connectivity index (χ0v) is 20.0. The molecule has 2 aliphatic heterocycles. The first-order valence-electron chi connectivity index (χ1n) is 11.5. The fourth-order valence-corrected chi connectivity index (χ4v) is 5.66. The molecule has 2 amide bonds. The number of carbonyl (C=O) groups excluding carboxylic acids is 2. The molecule has 8 nitrogen and oxygen atoms in total. The van der Waals surface area contributed by atoms with Crippen molar-refractivity contribution in [1.82, 2.24) is 0 Å². The third kappa shape index (κ3) is 3.99. The van der Waals surface area contributed by atoms with E-state index in [1.807, 2.05) is 17.0 Å². The molecule has 1 aliphatic carbocycles. The van der Waals surface area contributed by atoms with Gasteiger partial charge in [-0.05, 0) is 43.2 Å². The van der Waals surface area contributed by atoms with E-state index in [9.17, 15) is 19.7 Å². The van der Waals surface area contributed by atoms with Gasteiger partial charge in [0.2, 0.25) is 11.8 Å². The minimum atomic E-state index is -0.442. The van der Waals surface area contributed by atoms with E-state index in [2.05, 4.69) is 4.90 Å². The summed E-state index contributed by atoms with van der Waals surface area (Å²) in [6, 6.07) is 10.2. The van der Waals surface area contributed by atoms with E-state index >= 15 is 0 Å². The molecule has 34 heavy (non-hydrogen) atoms. The minimum absolute atomic E-state index is 0.101. The van der Waals surface area contributed by atoms with Crippen LogP contribution in [-0.2, 0) is 9.59 Å². The van der Waals surface area contributed by atoms with Gasteiger partial charge in [-0.3, -0.25) is 19.7 Å². The second-order valence-corrected chi connectivity index (χ2v) is 9.83. The van der Waals surface area contributed by atoms with Crippen molar-refractivity contribution in [3.63, 3.8) is 0 Å². The summed E-state index contributed by atoms with van der Waals surface area (Å²) in [7, 11) is 0. The van der Waals surface area contributed by atoms with Gasteiger partial charge in [0.1, 0.15) is 5.69 Å². The van der Waals surface area contributed by atoms with Crippen LogP contribution in [0.25, 0.3) is 0 Å². The Balaban J connectivity index is 1.36. The summed E-state index contributed by atoms with van der Waals surface area (Å²) >= 11 is 12.2. The first-order valence-corrected chi connectivity index (χ1v) is 12.2. The first kappa shape index (κ1) is 22.9. The third-order valence-corrected chi connectivity index (χ3v) is 7.88. The lowest BCUT2D eigenvalue weighted by atomic mass is 9.81. The van der Waals surface area contributed by atoms with E-state index in [0.29, 0.717) is 54.8 Å². The number of fused-ring (bicyclic) bond motifs is 1. The maximum Gasteiger partial charge on any atom is 0.294 e. The molecule has 2 atom stereocenters. The Hall–Kier alpha value is -2.84. The van der Waals surface area contributed by atoms with Crippen LogP contribution >= 0.6 is 23.2 Å². The maximum absolute atomic E-state index is 12.9. The van der Waals surface area contributed by atoms with Crippen molar-refractivity contribution in [2.45, 2.75) is 25.7 Å². The Bertz CT molecular complexity index is 1140. The fraction of sp³-hybridized carbons (Fsp3) is 0.417. The van der Waals surface area contributed by atoms with Crippen LogP contribution < -0.4 is 14.7 Å². The molecule has 0 radical (unpaired) electrons. The molecule has 0 bridgehead atoms. The summed E-state index contributed by atoms with van der Waals surface area (Å²) < 4.78 is 0. The van der Waals surface area contributed by atoms with Crippen LogP contribution in [0.1, 0.15) is 25.7 Å². The number of imide groups is 1. The molecule has 5 rings (SSSR count). The number of anilines is 3. The van der Waals surface area contributed by atoms with E-state index in [-0.39, 0.29) is 35.0 Å². The van der Waals surface area contributed by atoms with E-state index < -0.39 is 4.92 Å². The summed E-state index contributed by atoms with van der Waals surface area (Å²) in [5.74, 6) is -1.05. The minimum Gasteiger partial charge on any atom is -0.368 e. The Morgan fingerprint density at radius 3 is 1.97 bits per heavy atom. The molecule has 3 fully saturated rings. The van der Waals surface area contributed by atoms with Crippen LogP contribution in [0.2, 0.25) is 10.0 Å². The molecule has 2 aromatic rings. The predicted molar refractivity (Wildman–Crippen MR) is 132 cm³/mol.